The van der Waals surface area contributed by atoms with Crippen LogP contribution in [0.25, 0.3) is 0 Å². The number of hydrogen-bond acceptors (Lipinski definition) is 2. The molecule has 0 heterocycles. The zero-order valence-corrected chi connectivity index (χ0v) is 9.32. The quantitative estimate of drug-likeness (QED) is 0.652. The van der Waals surface area contributed by atoms with Gasteiger partial charge in [-0.25, -0.2) is 0 Å². The Kier molecular flexibility index (Phi) is 10.3. The van der Waals surface area contributed by atoms with Crippen LogP contribution >= 0.6 is 12.2 Å². The lowest BCUT2D eigenvalue weighted by Gasteiger charge is -2.21. The fraction of sp³-hybridized carbons (Fsp3) is 0.875. The van der Waals surface area contributed by atoms with Crippen molar-refractivity contribution in [2.45, 2.75) is 33.7 Å². The maximum absolute atomic E-state index is 4.62. The number of hydrogen-bond donors (Lipinski definition) is 2. The van der Waals surface area contributed by atoms with Gasteiger partial charge in [-0.2, -0.15) is 0 Å². The van der Waals surface area contributed by atoms with E-state index in [-0.39, 0.29) is 5.11 Å². The molecule has 0 aliphatic carbocycles. The molecule has 0 amide bonds. The SMILES string of the molecule is CCN(CC)C(C)C.NC(N)=S. The van der Waals surface area contributed by atoms with Crippen LogP contribution in [0, 0.1) is 0 Å². The van der Waals surface area contributed by atoms with Gasteiger partial charge in [0.1, 0.15) is 0 Å². The highest BCUT2D eigenvalue weighted by Crippen LogP contribution is 1.94. The first kappa shape index (κ1) is 14.2. The Morgan fingerprint density at radius 1 is 1.25 bits per heavy atom. The summed E-state index contributed by atoms with van der Waals surface area (Å²) in [5.41, 5.74) is 9.24. The van der Waals surface area contributed by atoms with Gasteiger partial charge in [0, 0.05) is 6.04 Å². The molecule has 0 spiro atoms. The Bertz CT molecular complexity index is 107. The molecule has 12 heavy (non-hydrogen) atoms. The van der Waals surface area contributed by atoms with Gasteiger partial charge in [-0.15, -0.1) is 0 Å². The lowest BCUT2D eigenvalue weighted by molar-refractivity contribution is 0.246. The molecule has 0 fully saturated rings. The molecule has 0 radical (unpaired) electrons. The van der Waals surface area contributed by atoms with Crippen molar-refractivity contribution >= 4 is 17.3 Å². The average molecular weight is 191 g/mol. The highest BCUT2D eigenvalue weighted by Gasteiger charge is 2.00. The van der Waals surface area contributed by atoms with Crippen molar-refractivity contribution in [1.82, 2.24) is 4.90 Å². The molecule has 0 bridgehead atoms. The maximum atomic E-state index is 4.62. The van der Waals surface area contributed by atoms with E-state index < -0.39 is 0 Å². The van der Waals surface area contributed by atoms with Crippen molar-refractivity contribution in [2.24, 2.45) is 11.5 Å². The van der Waals surface area contributed by atoms with Gasteiger partial charge < -0.3 is 16.4 Å². The van der Waals surface area contributed by atoms with E-state index in [2.05, 4.69) is 56.3 Å². The summed E-state index contributed by atoms with van der Waals surface area (Å²) < 4.78 is 0. The summed E-state index contributed by atoms with van der Waals surface area (Å²) in [7, 11) is 0. The summed E-state index contributed by atoms with van der Waals surface area (Å²) in [6, 6.07) is 0.713. The van der Waals surface area contributed by atoms with Gasteiger partial charge in [0.05, 0.1) is 0 Å². The van der Waals surface area contributed by atoms with Crippen molar-refractivity contribution in [3.63, 3.8) is 0 Å². The summed E-state index contributed by atoms with van der Waals surface area (Å²) in [5.74, 6) is 0. The molecule has 0 saturated heterocycles. The topological polar surface area (TPSA) is 55.3 Å². The number of thiocarbonyl (C=S) groups is 1. The molecule has 0 aromatic carbocycles. The van der Waals surface area contributed by atoms with Crippen molar-refractivity contribution in [2.75, 3.05) is 13.1 Å². The minimum Gasteiger partial charge on any atom is -0.377 e. The Balaban J connectivity index is 0. The summed E-state index contributed by atoms with van der Waals surface area (Å²) in [5, 5.41) is 0.000000000000000222. The summed E-state index contributed by atoms with van der Waals surface area (Å²) in [6.45, 7) is 11.2. The molecule has 0 rings (SSSR count). The Labute approximate surface area is 81.1 Å². The highest BCUT2D eigenvalue weighted by molar-refractivity contribution is 7.80. The fourth-order valence-electron chi connectivity index (χ4n) is 0.954. The van der Waals surface area contributed by atoms with E-state index >= 15 is 0 Å². The second-order valence-corrected chi connectivity index (χ2v) is 3.19. The molecule has 0 unspecified atom stereocenters. The van der Waals surface area contributed by atoms with Crippen LogP contribution in [-0.4, -0.2) is 29.1 Å². The third-order valence-corrected chi connectivity index (χ3v) is 1.54. The van der Waals surface area contributed by atoms with Crippen molar-refractivity contribution in [3.05, 3.63) is 0 Å². The van der Waals surface area contributed by atoms with E-state index in [1.807, 2.05) is 0 Å². The Morgan fingerprint density at radius 3 is 1.50 bits per heavy atom. The van der Waals surface area contributed by atoms with Crippen LogP contribution in [0.2, 0.25) is 0 Å². The largest absolute Gasteiger partial charge is 0.377 e. The molecular formula is C8H21N3S. The molecule has 0 aromatic heterocycles. The smallest absolute Gasteiger partial charge is 0.160 e. The minimum absolute atomic E-state index is 0.000000000000000222. The number of nitrogens with zero attached hydrogens (tertiary/aromatic N) is 1. The summed E-state index contributed by atoms with van der Waals surface area (Å²) in [6.07, 6.45) is 0. The van der Waals surface area contributed by atoms with E-state index in [0.29, 0.717) is 6.04 Å². The molecule has 74 valence electrons. The van der Waals surface area contributed by atoms with E-state index in [0.717, 1.165) is 0 Å². The molecule has 4 N–H and O–H groups in total. The van der Waals surface area contributed by atoms with E-state index in [1.165, 1.54) is 13.1 Å². The van der Waals surface area contributed by atoms with Gasteiger partial charge in [0.15, 0.2) is 5.11 Å². The van der Waals surface area contributed by atoms with Gasteiger partial charge in [-0.3, -0.25) is 0 Å². The van der Waals surface area contributed by atoms with Crippen molar-refractivity contribution in [1.29, 1.82) is 0 Å². The minimum atomic E-state index is 0.000000000000000222. The van der Waals surface area contributed by atoms with E-state index in [9.17, 15) is 0 Å². The monoisotopic (exact) mass is 191 g/mol. The van der Waals surface area contributed by atoms with Crippen LogP contribution in [0.1, 0.15) is 27.7 Å². The normalized spacial score (nSPS) is 9.50. The Hall–Kier alpha value is -0.350. The second kappa shape index (κ2) is 8.74. The first-order chi connectivity index (χ1) is 5.45. The average Bonchev–Trinajstić information content (AvgIpc) is 1.87. The van der Waals surface area contributed by atoms with Gasteiger partial charge in [0.2, 0.25) is 0 Å². The molecule has 0 aliphatic heterocycles. The second-order valence-electron chi connectivity index (χ2n) is 2.72. The molecule has 0 atom stereocenters. The van der Waals surface area contributed by atoms with Crippen LogP contribution < -0.4 is 11.5 Å². The lowest BCUT2D eigenvalue weighted by atomic mass is 10.3. The zero-order valence-electron chi connectivity index (χ0n) is 8.50. The summed E-state index contributed by atoms with van der Waals surface area (Å²) in [4.78, 5) is 2.42. The lowest BCUT2D eigenvalue weighted by Crippen LogP contribution is -2.29. The molecule has 0 saturated carbocycles. The van der Waals surface area contributed by atoms with Crippen LogP contribution in [-0.2, 0) is 0 Å². The van der Waals surface area contributed by atoms with Gasteiger partial charge in [-0.1, -0.05) is 13.8 Å². The van der Waals surface area contributed by atoms with Gasteiger partial charge >= 0.3 is 0 Å². The van der Waals surface area contributed by atoms with Crippen LogP contribution in [0.3, 0.4) is 0 Å². The molecule has 0 aliphatic rings. The van der Waals surface area contributed by atoms with Crippen LogP contribution in [0.15, 0.2) is 0 Å². The third kappa shape index (κ3) is 12.3. The van der Waals surface area contributed by atoms with Gasteiger partial charge in [0.25, 0.3) is 0 Å². The third-order valence-electron chi connectivity index (χ3n) is 1.54. The first-order valence-electron chi connectivity index (χ1n) is 4.24. The van der Waals surface area contributed by atoms with Crippen molar-refractivity contribution < 1.29 is 0 Å². The van der Waals surface area contributed by atoms with Crippen LogP contribution in [0.5, 0.6) is 0 Å². The predicted molar refractivity (Wildman–Crippen MR) is 59.0 cm³/mol. The first-order valence-corrected chi connectivity index (χ1v) is 4.65. The van der Waals surface area contributed by atoms with Crippen molar-refractivity contribution in [3.8, 4) is 0 Å². The standard InChI is InChI=1S/C7H17N.CH4N2S/c1-5-8(6-2)7(3)4;2-1(3)4/h7H,5-6H2,1-4H3;(H4,2,3,4). The zero-order chi connectivity index (χ0) is 10.1. The molecular weight excluding hydrogens is 170 g/mol. The number of nitrogens with two attached hydrogens (primary N) is 2. The highest BCUT2D eigenvalue weighted by atomic mass is 32.1. The fourth-order valence-corrected chi connectivity index (χ4v) is 0.954. The predicted octanol–water partition coefficient (Wildman–Crippen LogP) is 0.925. The van der Waals surface area contributed by atoms with E-state index in [1.54, 1.807) is 0 Å². The summed E-state index contributed by atoms with van der Waals surface area (Å²) >= 11 is 4.09. The molecule has 4 heteroatoms. The molecule has 3 nitrogen and oxygen atoms in total. The van der Waals surface area contributed by atoms with Gasteiger partial charge in [-0.05, 0) is 39.2 Å². The number of rotatable bonds is 3. The van der Waals surface area contributed by atoms with Crippen LogP contribution in [0.4, 0.5) is 0 Å². The maximum Gasteiger partial charge on any atom is 0.160 e. The Morgan fingerprint density at radius 2 is 1.50 bits per heavy atom. The molecule has 0 aromatic rings. The van der Waals surface area contributed by atoms with E-state index in [4.69, 9.17) is 0 Å².